The van der Waals surface area contributed by atoms with E-state index in [0.717, 1.165) is 49.3 Å². The number of fused-ring (bicyclic) bond motifs is 1. The van der Waals surface area contributed by atoms with E-state index in [4.69, 9.17) is 11.6 Å². The number of hydrogen-bond acceptors (Lipinski definition) is 3. The van der Waals surface area contributed by atoms with Crippen LogP contribution >= 0.6 is 24.0 Å². The van der Waals surface area contributed by atoms with Crippen LogP contribution in [-0.4, -0.2) is 43.5 Å². The maximum absolute atomic E-state index is 12.1. The molecule has 6 heteroatoms. The van der Waals surface area contributed by atoms with Crippen LogP contribution in [-0.2, 0) is 4.79 Å². The molecule has 2 aliphatic heterocycles. The van der Waals surface area contributed by atoms with Crippen LogP contribution in [0, 0.1) is 18.8 Å². The van der Waals surface area contributed by atoms with Gasteiger partial charge in [-0.05, 0) is 49.5 Å². The fourth-order valence-electron chi connectivity index (χ4n) is 3.20. The number of anilines is 1. The van der Waals surface area contributed by atoms with E-state index >= 15 is 0 Å². The van der Waals surface area contributed by atoms with Gasteiger partial charge >= 0.3 is 0 Å². The van der Waals surface area contributed by atoms with E-state index < -0.39 is 0 Å². The summed E-state index contributed by atoms with van der Waals surface area (Å²) in [6, 6.07) is 5.56. The van der Waals surface area contributed by atoms with Crippen molar-refractivity contribution in [3.05, 3.63) is 28.8 Å². The van der Waals surface area contributed by atoms with Gasteiger partial charge in [-0.2, -0.15) is 0 Å². The van der Waals surface area contributed by atoms with Crippen molar-refractivity contribution in [3.8, 4) is 0 Å². The lowest BCUT2D eigenvalue weighted by Gasteiger charge is -2.17. The number of likely N-dealkylation sites (tertiary alicyclic amines) is 1. The van der Waals surface area contributed by atoms with Gasteiger partial charge in [0.1, 0.15) is 0 Å². The van der Waals surface area contributed by atoms with E-state index in [-0.39, 0.29) is 18.3 Å². The number of nitrogens with one attached hydrogen (secondary N) is 2. The Morgan fingerprint density at radius 1 is 1.38 bits per heavy atom. The third-order valence-electron chi connectivity index (χ3n) is 4.31. The van der Waals surface area contributed by atoms with Crippen molar-refractivity contribution in [3.63, 3.8) is 0 Å². The van der Waals surface area contributed by atoms with Gasteiger partial charge in [-0.25, -0.2) is 0 Å². The van der Waals surface area contributed by atoms with E-state index in [2.05, 4.69) is 15.5 Å². The molecule has 0 bridgehead atoms. The third kappa shape index (κ3) is 3.89. The monoisotopic (exact) mass is 329 g/mol. The van der Waals surface area contributed by atoms with Crippen LogP contribution in [0.25, 0.3) is 0 Å². The Labute approximate surface area is 136 Å². The molecule has 0 unspecified atom stereocenters. The predicted molar refractivity (Wildman–Crippen MR) is 88.4 cm³/mol. The third-order valence-corrected chi connectivity index (χ3v) is 4.54. The van der Waals surface area contributed by atoms with Gasteiger partial charge in [0.15, 0.2) is 0 Å². The molecule has 2 saturated heterocycles. The number of rotatable bonds is 3. The van der Waals surface area contributed by atoms with Crippen molar-refractivity contribution in [2.45, 2.75) is 6.92 Å². The number of aryl methyl sites for hydroxylation is 1. The Bertz CT molecular complexity index is 512. The minimum atomic E-state index is 0. The SMILES string of the molecule is Cc1ccc(Cl)cc1NC(=O)CN1C[C@H]2CNC[C@H]2C1.Cl. The number of halogens is 2. The molecule has 2 heterocycles. The molecule has 1 aromatic rings. The number of carbonyl (C=O) groups is 1. The lowest BCUT2D eigenvalue weighted by molar-refractivity contribution is -0.117. The topological polar surface area (TPSA) is 44.4 Å². The molecule has 0 aliphatic carbocycles. The summed E-state index contributed by atoms with van der Waals surface area (Å²) >= 11 is 5.97. The van der Waals surface area contributed by atoms with Gasteiger partial charge in [0, 0.05) is 23.8 Å². The van der Waals surface area contributed by atoms with Gasteiger partial charge in [-0.1, -0.05) is 17.7 Å². The highest BCUT2D eigenvalue weighted by Gasteiger charge is 2.36. The second-order valence-electron chi connectivity index (χ2n) is 5.88. The number of nitrogens with zero attached hydrogens (tertiary/aromatic N) is 1. The van der Waals surface area contributed by atoms with Crippen molar-refractivity contribution in [2.75, 3.05) is 38.0 Å². The molecule has 116 valence electrons. The molecule has 3 rings (SSSR count). The van der Waals surface area contributed by atoms with Crippen molar-refractivity contribution >= 4 is 35.6 Å². The summed E-state index contributed by atoms with van der Waals surface area (Å²) in [5, 5.41) is 7.02. The van der Waals surface area contributed by atoms with E-state index in [0.29, 0.717) is 11.6 Å². The smallest absolute Gasteiger partial charge is 0.238 e. The predicted octanol–water partition coefficient (Wildman–Crippen LogP) is 2.16. The summed E-state index contributed by atoms with van der Waals surface area (Å²) in [5.41, 5.74) is 1.84. The fourth-order valence-corrected chi connectivity index (χ4v) is 3.38. The van der Waals surface area contributed by atoms with E-state index in [1.807, 2.05) is 19.1 Å². The summed E-state index contributed by atoms with van der Waals surface area (Å²) in [5.74, 6) is 1.48. The maximum Gasteiger partial charge on any atom is 0.238 e. The average Bonchev–Trinajstić information content (AvgIpc) is 2.94. The Morgan fingerprint density at radius 2 is 2.05 bits per heavy atom. The van der Waals surface area contributed by atoms with E-state index in [9.17, 15) is 4.79 Å². The highest BCUT2D eigenvalue weighted by molar-refractivity contribution is 6.31. The van der Waals surface area contributed by atoms with Crippen LogP contribution in [0.2, 0.25) is 5.02 Å². The molecule has 4 nitrogen and oxygen atoms in total. The van der Waals surface area contributed by atoms with Crippen LogP contribution in [0.1, 0.15) is 5.56 Å². The standard InChI is InChI=1S/C15H20ClN3O.ClH/c1-10-2-3-13(16)4-14(10)18-15(20)9-19-7-11-5-17-6-12(11)8-19;/h2-4,11-12,17H,5-9H2,1H3,(H,18,20);1H/t11-,12+;. The Morgan fingerprint density at radius 3 is 2.71 bits per heavy atom. The zero-order chi connectivity index (χ0) is 14.1. The van der Waals surface area contributed by atoms with Crippen LogP contribution in [0.4, 0.5) is 5.69 Å². The Kier molecular flexibility index (Phi) is 5.49. The van der Waals surface area contributed by atoms with Crippen molar-refractivity contribution in [1.82, 2.24) is 10.2 Å². The zero-order valence-corrected chi connectivity index (χ0v) is 13.6. The van der Waals surface area contributed by atoms with Crippen LogP contribution < -0.4 is 10.6 Å². The first-order chi connectivity index (χ1) is 9.61. The first-order valence-electron chi connectivity index (χ1n) is 7.11. The summed E-state index contributed by atoms with van der Waals surface area (Å²) < 4.78 is 0. The molecule has 2 fully saturated rings. The highest BCUT2D eigenvalue weighted by Crippen LogP contribution is 2.26. The van der Waals surface area contributed by atoms with Gasteiger partial charge < -0.3 is 10.6 Å². The first-order valence-corrected chi connectivity index (χ1v) is 7.48. The highest BCUT2D eigenvalue weighted by atomic mass is 35.5. The molecule has 2 aliphatic rings. The molecular formula is C15H21Cl2N3O. The molecule has 2 N–H and O–H groups in total. The van der Waals surface area contributed by atoms with Gasteiger partial charge in [-0.3, -0.25) is 9.69 Å². The van der Waals surface area contributed by atoms with Crippen molar-refractivity contribution < 1.29 is 4.79 Å². The number of amides is 1. The molecule has 0 radical (unpaired) electrons. The molecule has 1 aromatic carbocycles. The quantitative estimate of drug-likeness (QED) is 0.893. The number of hydrogen-bond donors (Lipinski definition) is 2. The summed E-state index contributed by atoms with van der Waals surface area (Å²) in [6.07, 6.45) is 0. The second kappa shape index (κ2) is 6.97. The molecule has 21 heavy (non-hydrogen) atoms. The summed E-state index contributed by atoms with van der Waals surface area (Å²) in [7, 11) is 0. The largest absolute Gasteiger partial charge is 0.325 e. The summed E-state index contributed by atoms with van der Waals surface area (Å²) in [6.45, 7) is 6.68. The fraction of sp³-hybridized carbons (Fsp3) is 0.533. The van der Waals surface area contributed by atoms with Gasteiger partial charge in [0.2, 0.25) is 5.91 Å². The molecule has 1 amide bonds. The molecule has 2 atom stereocenters. The Balaban J connectivity index is 0.00000161. The number of benzene rings is 1. The Hall–Kier alpha value is -0.810. The maximum atomic E-state index is 12.1. The summed E-state index contributed by atoms with van der Waals surface area (Å²) in [4.78, 5) is 14.4. The van der Waals surface area contributed by atoms with Crippen LogP contribution in [0.5, 0.6) is 0 Å². The van der Waals surface area contributed by atoms with Gasteiger partial charge in [0.05, 0.1) is 6.54 Å². The molecule has 0 spiro atoms. The second-order valence-corrected chi connectivity index (χ2v) is 6.32. The van der Waals surface area contributed by atoms with E-state index in [1.54, 1.807) is 6.07 Å². The van der Waals surface area contributed by atoms with Gasteiger partial charge in [-0.15, -0.1) is 12.4 Å². The van der Waals surface area contributed by atoms with Crippen molar-refractivity contribution in [2.24, 2.45) is 11.8 Å². The van der Waals surface area contributed by atoms with Crippen LogP contribution in [0.15, 0.2) is 18.2 Å². The first kappa shape index (κ1) is 16.6. The zero-order valence-electron chi connectivity index (χ0n) is 12.1. The lowest BCUT2D eigenvalue weighted by Crippen LogP contribution is -2.33. The van der Waals surface area contributed by atoms with Crippen LogP contribution in [0.3, 0.4) is 0 Å². The molecule has 0 aromatic heterocycles. The normalized spacial score (nSPS) is 24.5. The van der Waals surface area contributed by atoms with Gasteiger partial charge in [0.25, 0.3) is 0 Å². The molecular weight excluding hydrogens is 309 g/mol. The molecule has 0 saturated carbocycles. The van der Waals surface area contributed by atoms with Crippen molar-refractivity contribution in [1.29, 1.82) is 0 Å². The minimum absolute atomic E-state index is 0. The van der Waals surface area contributed by atoms with E-state index in [1.165, 1.54) is 0 Å². The minimum Gasteiger partial charge on any atom is -0.325 e. The lowest BCUT2D eigenvalue weighted by atomic mass is 10.0. The average molecular weight is 330 g/mol. The number of carbonyl (C=O) groups excluding carboxylic acids is 1.